The van der Waals surface area contributed by atoms with E-state index in [1.54, 1.807) is 11.3 Å². The Morgan fingerprint density at radius 3 is 2.42 bits per heavy atom. The van der Waals surface area contributed by atoms with E-state index in [1.165, 1.54) is 17.0 Å². The number of likely N-dealkylation sites (N-methyl/N-ethyl adjacent to an activating group) is 1. The van der Waals surface area contributed by atoms with Crippen molar-refractivity contribution < 1.29 is 4.39 Å². The van der Waals surface area contributed by atoms with Gasteiger partial charge < -0.3 is 5.32 Å². The Kier molecular flexibility index (Phi) is 4.38. The van der Waals surface area contributed by atoms with Gasteiger partial charge >= 0.3 is 0 Å². The van der Waals surface area contributed by atoms with Crippen molar-refractivity contribution in [2.24, 2.45) is 0 Å². The summed E-state index contributed by atoms with van der Waals surface area (Å²) in [4.78, 5) is 1.37. The molecule has 3 heteroatoms. The largest absolute Gasteiger partial charge is 0.316 e. The summed E-state index contributed by atoms with van der Waals surface area (Å²) in [6.45, 7) is 4.41. The topological polar surface area (TPSA) is 12.0 Å². The van der Waals surface area contributed by atoms with E-state index in [0.717, 1.165) is 12.0 Å². The summed E-state index contributed by atoms with van der Waals surface area (Å²) in [5.41, 5.74) is 1.11. The highest BCUT2D eigenvalue weighted by Crippen LogP contribution is 2.30. The molecule has 0 amide bonds. The molecule has 0 bridgehead atoms. The van der Waals surface area contributed by atoms with Gasteiger partial charge in [-0.15, -0.1) is 11.3 Å². The van der Waals surface area contributed by atoms with Crippen molar-refractivity contribution in [2.45, 2.75) is 31.7 Å². The normalized spacial score (nSPS) is 13.5. The van der Waals surface area contributed by atoms with Crippen molar-refractivity contribution in [1.29, 1.82) is 0 Å². The Labute approximate surface area is 118 Å². The van der Waals surface area contributed by atoms with Gasteiger partial charge in [0.1, 0.15) is 5.82 Å². The molecule has 1 heterocycles. The molecule has 1 aromatic carbocycles. The second-order valence-electron chi connectivity index (χ2n) is 5.35. The highest BCUT2D eigenvalue weighted by Gasteiger charge is 2.30. The quantitative estimate of drug-likeness (QED) is 0.871. The van der Waals surface area contributed by atoms with Crippen LogP contribution in [0, 0.1) is 5.82 Å². The van der Waals surface area contributed by atoms with Gasteiger partial charge in [-0.25, -0.2) is 4.39 Å². The molecule has 1 atom stereocenters. The van der Waals surface area contributed by atoms with E-state index in [-0.39, 0.29) is 11.2 Å². The van der Waals surface area contributed by atoms with Crippen molar-refractivity contribution in [3.05, 3.63) is 58.0 Å². The number of hydrogen-bond acceptors (Lipinski definition) is 2. The summed E-state index contributed by atoms with van der Waals surface area (Å²) < 4.78 is 13.0. The monoisotopic (exact) mass is 277 g/mol. The van der Waals surface area contributed by atoms with Crippen LogP contribution in [0.25, 0.3) is 0 Å². The molecule has 19 heavy (non-hydrogen) atoms. The molecular weight excluding hydrogens is 257 g/mol. The van der Waals surface area contributed by atoms with Gasteiger partial charge in [0.25, 0.3) is 0 Å². The van der Waals surface area contributed by atoms with E-state index >= 15 is 0 Å². The third-order valence-corrected chi connectivity index (χ3v) is 4.69. The molecule has 0 saturated carbocycles. The van der Waals surface area contributed by atoms with E-state index in [9.17, 15) is 4.39 Å². The summed E-state index contributed by atoms with van der Waals surface area (Å²) >= 11 is 1.78. The standard InChI is InChI=1S/C16H20FNS/c1-16(2,12-6-8-13(17)9-7-12)15(18-3)11-14-5-4-10-19-14/h4-10,15,18H,11H2,1-3H3. The van der Waals surface area contributed by atoms with Gasteiger partial charge in [-0.1, -0.05) is 32.0 Å². The third kappa shape index (κ3) is 3.23. The molecule has 0 saturated heterocycles. The maximum Gasteiger partial charge on any atom is 0.123 e. The van der Waals surface area contributed by atoms with Crippen LogP contribution < -0.4 is 5.32 Å². The van der Waals surface area contributed by atoms with Crippen LogP contribution in [0.2, 0.25) is 0 Å². The van der Waals surface area contributed by atoms with Crippen molar-refractivity contribution in [2.75, 3.05) is 7.05 Å². The first-order valence-electron chi connectivity index (χ1n) is 6.49. The van der Waals surface area contributed by atoms with E-state index in [4.69, 9.17) is 0 Å². The lowest BCUT2D eigenvalue weighted by molar-refractivity contribution is 0.358. The fourth-order valence-electron chi connectivity index (χ4n) is 2.43. The molecule has 0 aliphatic rings. The van der Waals surface area contributed by atoms with Gasteiger partial charge in [-0.2, -0.15) is 0 Å². The summed E-state index contributed by atoms with van der Waals surface area (Å²) in [7, 11) is 1.99. The van der Waals surface area contributed by atoms with E-state index in [0.29, 0.717) is 6.04 Å². The first-order valence-corrected chi connectivity index (χ1v) is 7.37. The first-order chi connectivity index (χ1) is 9.04. The minimum atomic E-state index is -0.182. The van der Waals surface area contributed by atoms with E-state index < -0.39 is 0 Å². The average molecular weight is 277 g/mol. The van der Waals surface area contributed by atoms with E-state index in [1.807, 2.05) is 19.2 Å². The zero-order chi connectivity index (χ0) is 13.9. The molecule has 1 nitrogen and oxygen atoms in total. The Morgan fingerprint density at radius 1 is 1.21 bits per heavy atom. The van der Waals surface area contributed by atoms with E-state index in [2.05, 4.69) is 36.7 Å². The summed E-state index contributed by atoms with van der Waals surface area (Å²) in [5.74, 6) is -0.182. The van der Waals surface area contributed by atoms with Crippen molar-refractivity contribution >= 4 is 11.3 Å². The molecule has 0 aliphatic carbocycles. The zero-order valence-electron chi connectivity index (χ0n) is 11.6. The van der Waals surface area contributed by atoms with Crippen molar-refractivity contribution in [3.63, 3.8) is 0 Å². The Morgan fingerprint density at radius 2 is 1.89 bits per heavy atom. The summed E-state index contributed by atoms with van der Waals surface area (Å²) in [6, 6.07) is 11.4. The Hall–Kier alpha value is -1.19. The second-order valence-corrected chi connectivity index (χ2v) is 6.39. The molecule has 2 aromatic rings. The molecule has 0 aliphatic heterocycles. The molecule has 0 spiro atoms. The second kappa shape index (κ2) is 5.85. The third-order valence-electron chi connectivity index (χ3n) is 3.79. The molecular formula is C16H20FNS. The van der Waals surface area contributed by atoms with Crippen LogP contribution in [-0.2, 0) is 11.8 Å². The summed E-state index contributed by atoms with van der Waals surface area (Å²) in [5, 5.41) is 5.51. The lowest BCUT2D eigenvalue weighted by atomic mass is 9.76. The highest BCUT2D eigenvalue weighted by molar-refractivity contribution is 7.09. The lowest BCUT2D eigenvalue weighted by Crippen LogP contribution is -2.44. The molecule has 1 unspecified atom stereocenters. The highest BCUT2D eigenvalue weighted by atomic mass is 32.1. The van der Waals surface area contributed by atoms with Gasteiger partial charge in [0.15, 0.2) is 0 Å². The predicted molar refractivity (Wildman–Crippen MR) is 80.3 cm³/mol. The SMILES string of the molecule is CNC(Cc1cccs1)C(C)(C)c1ccc(F)cc1. The van der Waals surface area contributed by atoms with Crippen LogP contribution in [0.15, 0.2) is 41.8 Å². The fraction of sp³-hybridized carbons (Fsp3) is 0.375. The summed E-state index contributed by atoms with van der Waals surface area (Å²) in [6.07, 6.45) is 0.985. The first kappa shape index (κ1) is 14.2. The van der Waals surface area contributed by atoms with Gasteiger partial charge in [0.05, 0.1) is 0 Å². The maximum absolute atomic E-state index is 13.0. The molecule has 0 fully saturated rings. The number of halogens is 1. The molecule has 0 radical (unpaired) electrons. The van der Waals surface area contributed by atoms with Crippen LogP contribution in [0.4, 0.5) is 4.39 Å². The van der Waals surface area contributed by atoms with Gasteiger partial charge in [-0.3, -0.25) is 0 Å². The average Bonchev–Trinajstić information content (AvgIpc) is 2.89. The Balaban J connectivity index is 2.22. The van der Waals surface area contributed by atoms with Crippen LogP contribution >= 0.6 is 11.3 Å². The molecule has 2 rings (SSSR count). The van der Waals surface area contributed by atoms with Gasteiger partial charge in [-0.05, 0) is 42.6 Å². The van der Waals surface area contributed by atoms with Crippen LogP contribution in [0.5, 0.6) is 0 Å². The van der Waals surface area contributed by atoms with Gasteiger partial charge in [0, 0.05) is 16.3 Å². The van der Waals surface area contributed by atoms with Crippen molar-refractivity contribution in [3.8, 4) is 0 Å². The smallest absolute Gasteiger partial charge is 0.123 e. The van der Waals surface area contributed by atoms with Crippen LogP contribution in [-0.4, -0.2) is 13.1 Å². The van der Waals surface area contributed by atoms with Crippen LogP contribution in [0.1, 0.15) is 24.3 Å². The number of rotatable bonds is 5. The maximum atomic E-state index is 13.0. The van der Waals surface area contributed by atoms with Crippen molar-refractivity contribution in [1.82, 2.24) is 5.32 Å². The fourth-order valence-corrected chi connectivity index (χ4v) is 3.18. The number of hydrogen-bond donors (Lipinski definition) is 1. The number of benzene rings is 1. The number of thiophene rings is 1. The molecule has 1 aromatic heterocycles. The lowest BCUT2D eigenvalue weighted by Gasteiger charge is -2.34. The zero-order valence-corrected chi connectivity index (χ0v) is 12.4. The number of nitrogens with one attached hydrogen (secondary N) is 1. The minimum absolute atomic E-state index is 0.0492. The predicted octanol–water partition coefficient (Wildman–Crippen LogP) is 4.00. The Bertz CT molecular complexity index is 502. The minimum Gasteiger partial charge on any atom is -0.316 e. The van der Waals surface area contributed by atoms with Crippen LogP contribution in [0.3, 0.4) is 0 Å². The molecule has 102 valence electrons. The molecule has 1 N–H and O–H groups in total. The van der Waals surface area contributed by atoms with Gasteiger partial charge in [0.2, 0.25) is 0 Å².